The van der Waals surface area contributed by atoms with Crippen LogP contribution >= 0.6 is 0 Å². The molecule has 5 heteroatoms. The summed E-state index contributed by atoms with van der Waals surface area (Å²) in [5.74, 6) is -0.430. The van der Waals surface area contributed by atoms with E-state index in [-0.39, 0.29) is 18.4 Å². The van der Waals surface area contributed by atoms with Crippen LogP contribution in [0.2, 0.25) is 0 Å². The van der Waals surface area contributed by atoms with Crippen LogP contribution in [0.1, 0.15) is 15.9 Å². The van der Waals surface area contributed by atoms with Gasteiger partial charge in [-0.1, -0.05) is 11.6 Å². The molecule has 1 aromatic carbocycles. The van der Waals surface area contributed by atoms with E-state index in [1.165, 1.54) is 12.0 Å². The Bertz CT molecular complexity index is 456. The van der Waals surface area contributed by atoms with Gasteiger partial charge < -0.3 is 15.0 Å². The first-order chi connectivity index (χ1) is 8.45. The Kier molecular flexibility index (Phi) is 4.85. The summed E-state index contributed by atoms with van der Waals surface area (Å²) in [5, 5.41) is 2.66. The predicted molar refractivity (Wildman–Crippen MR) is 69.7 cm³/mol. The van der Waals surface area contributed by atoms with Crippen molar-refractivity contribution in [3.8, 4) is 0 Å². The van der Waals surface area contributed by atoms with Crippen LogP contribution in [0.5, 0.6) is 0 Å². The van der Waals surface area contributed by atoms with Crippen molar-refractivity contribution in [1.82, 2.24) is 4.90 Å². The average Bonchev–Trinajstić information content (AvgIpc) is 2.30. The second-order valence-electron chi connectivity index (χ2n) is 4.23. The van der Waals surface area contributed by atoms with E-state index in [0.29, 0.717) is 11.3 Å². The van der Waals surface area contributed by atoms with Gasteiger partial charge in [-0.15, -0.1) is 0 Å². The first-order valence-corrected chi connectivity index (χ1v) is 5.56. The molecule has 0 fully saturated rings. The number of rotatable bonds is 4. The number of amides is 2. The summed E-state index contributed by atoms with van der Waals surface area (Å²) in [4.78, 5) is 25.0. The molecule has 0 saturated carbocycles. The number of hydrogen-bond donors (Lipinski definition) is 1. The molecule has 1 rings (SSSR count). The molecule has 0 atom stereocenters. The van der Waals surface area contributed by atoms with Gasteiger partial charge in [0.1, 0.15) is 6.61 Å². The fourth-order valence-electron chi connectivity index (χ4n) is 1.50. The van der Waals surface area contributed by atoms with Gasteiger partial charge >= 0.3 is 0 Å². The molecule has 0 saturated heterocycles. The molecule has 18 heavy (non-hydrogen) atoms. The molecule has 0 radical (unpaired) electrons. The van der Waals surface area contributed by atoms with Gasteiger partial charge in [0.05, 0.1) is 11.3 Å². The second kappa shape index (κ2) is 6.16. The molecule has 0 aliphatic rings. The maximum Gasteiger partial charge on any atom is 0.255 e. The molecule has 2 amide bonds. The summed E-state index contributed by atoms with van der Waals surface area (Å²) in [7, 11) is 4.79. The number of hydrogen-bond acceptors (Lipinski definition) is 3. The third-order valence-corrected chi connectivity index (χ3v) is 2.36. The zero-order valence-corrected chi connectivity index (χ0v) is 11.1. The number of ether oxygens (including phenoxy) is 1. The molecule has 1 aromatic rings. The number of carbonyl (C=O) groups excluding carboxylic acids is 2. The SMILES string of the molecule is COCC(=O)Nc1ccc(C)cc1C(=O)N(C)C. The van der Waals surface area contributed by atoms with Crippen LogP contribution in [0.25, 0.3) is 0 Å². The lowest BCUT2D eigenvalue weighted by Gasteiger charge is -2.15. The van der Waals surface area contributed by atoms with Gasteiger partial charge in [0.15, 0.2) is 0 Å². The maximum absolute atomic E-state index is 12.0. The number of benzene rings is 1. The summed E-state index contributed by atoms with van der Waals surface area (Å²) >= 11 is 0. The van der Waals surface area contributed by atoms with Gasteiger partial charge in [0.2, 0.25) is 5.91 Å². The van der Waals surface area contributed by atoms with E-state index in [0.717, 1.165) is 5.56 Å². The van der Waals surface area contributed by atoms with Crippen LogP contribution in [0.4, 0.5) is 5.69 Å². The monoisotopic (exact) mass is 250 g/mol. The van der Waals surface area contributed by atoms with Crippen molar-refractivity contribution in [3.63, 3.8) is 0 Å². The van der Waals surface area contributed by atoms with Crippen LogP contribution in [-0.4, -0.2) is 44.5 Å². The summed E-state index contributed by atoms with van der Waals surface area (Å²) < 4.78 is 4.74. The van der Waals surface area contributed by atoms with Gasteiger partial charge in [0, 0.05) is 21.2 Å². The minimum absolute atomic E-state index is 0.0382. The number of methoxy groups -OCH3 is 1. The van der Waals surface area contributed by atoms with Gasteiger partial charge in [-0.3, -0.25) is 9.59 Å². The van der Waals surface area contributed by atoms with E-state index in [2.05, 4.69) is 5.32 Å². The lowest BCUT2D eigenvalue weighted by atomic mass is 10.1. The lowest BCUT2D eigenvalue weighted by molar-refractivity contribution is -0.119. The van der Waals surface area contributed by atoms with Crippen LogP contribution < -0.4 is 5.32 Å². The molecule has 98 valence electrons. The number of carbonyl (C=O) groups is 2. The summed E-state index contributed by atoms with van der Waals surface area (Å²) in [6.45, 7) is 1.86. The Balaban J connectivity index is 3.04. The zero-order valence-electron chi connectivity index (χ0n) is 11.1. The van der Waals surface area contributed by atoms with Gasteiger partial charge in [-0.2, -0.15) is 0 Å². The average molecular weight is 250 g/mol. The van der Waals surface area contributed by atoms with E-state index in [1.807, 2.05) is 13.0 Å². The molecule has 0 unspecified atom stereocenters. The van der Waals surface area contributed by atoms with Gasteiger partial charge in [0.25, 0.3) is 5.91 Å². The van der Waals surface area contributed by atoms with Crippen LogP contribution in [0.3, 0.4) is 0 Å². The molecule has 0 aliphatic carbocycles. The van der Waals surface area contributed by atoms with Crippen molar-refractivity contribution in [2.24, 2.45) is 0 Å². The van der Waals surface area contributed by atoms with E-state index in [4.69, 9.17) is 4.74 Å². The normalized spacial score (nSPS) is 10.0. The molecule has 0 aliphatic heterocycles. The number of nitrogens with one attached hydrogen (secondary N) is 1. The van der Waals surface area contributed by atoms with Crippen molar-refractivity contribution < 1.29 is 14.3 Å². The highest BCUT2D eigenvalue weighted by molar-refractivity contribution is 6.03. The van der Waals surface area contributed by atoms with Crippen molar-refractivity contribution in [1.29, 1.82) is 0 Å². The van der Waals surface area contributed by atoms with Gasteiger partial charge in [-0.25, -0.2) is 0 Å². The fourth-order valence-corrected chi connectivity index (χ4v) is 1.50. The molecule has 1 N–H and O–H groups in total. The highest BCUT2D eigenvalue weighted by atomic mass is 16.5. The van der Waals surface area contributed by atoms with Crippen molar-refractivity contribution >= 4 is 17.5 Å². The molecule has 0 aromatic heterocycles. The molecule has 0 bridgehead atoms. The number of nitrogens with zero attached hydrogens (tertiary/aromatic N) is 1. The Labute approximate surface area is 107 Å². The molecular weight excluding hydrogens is 232 g/mol. The number of anilines is 1. The Morgan fingerprint density at radius 3 is 2.56 bits per heavy atom. The van der Waals surface area contributed by atoms with Crippen LogP contribution in [0.15, 0.2) is 18.2 Å². The van der Waals surface area contributed by atoms with Crippen molar-refractivity contribution in [2.75, 3.05) is 33.1 Å². The quantitative estimate of drug-likeness (QED) is 0.875. The minimum Gasteiger partial charge on any atom is -0.375 e. The Morgan fingerprint density at radius 1 is 1.33 bits per heavy atom. The van der Waals surface area contributed by atoms with E-state index in [1.54, 1.807) is 26.2 Å². The minimum atomic E-state index is -0.283. The van der Waals surface area contributed by atoms with Gasteiger partial charge in [-0.05, 0) is 19.1 Å². The van der Waals surface area contributed by atoms with Crippen LogP contribution in [-0.2, 0) is 9.53 Å². The lowest BCUT2D eigenvalue weighted by Crippen LogP contribution is -2.25. The Hall–Kier alpha value is -1.88. The first kappa shape index (κ1) is 14.2. The summed E-state index contributed by atoms with van der Waals surface area (Å²) in [6.07, 6.45) is 0. The highest BCUT2D eigenvalue weighted by Crippen LogP contribution is 2.18. The largest absolute Gasteiger partial charge is 0.375 e. The predicted octanol–water partition coefficient (Wildman–Crippen LogP) is 1.28. The second-order valence-corrected chi connectivity index (χ2v) is 4.23. The zero-order chi connectivity index (χ0) is 13.7. The third kappa shape index (κ3) is 3.56. The Morgan fingerprint density at radius 2 is 2.00 bits per heavy atom. The van der Waals surface area contributed by atoms with Crippen molar-refractivity contribution in [2.45, 2.75) is 6.92 Å². The van der Waals surface area contributed by atoms with E-state index < -0.39 is 0 Å². The topological polar surface area (TPSA) is 58.6 Å². The third-order valence-electron chi connectivity index (χ3n) is 2.36. The highest BCUT2D eigenvalue weighted by Gasteiger charge is 2.15. The molecule has 0 spiro atoms. The molecule has 0 heterocycles. The standard InChI is InChI=1S/C13H18N2O3/c1-9-5-6-11(14-12(16)8-18-4)10(7-9)13(17)15(2)3/h5-7H,8H2,1-4H3,(H,14,16). The van der Waals surface area contributed by atoms with Crippen molar-refractivity contribution in [3.05, 3.63) is 29.3 Å². The fraction of sp³-hybridized carbons (Fsp3) is 0.385. The van der Waals surface area contributed by atoms with Crippen LogP contribution in [0, 0.1) is 6.92 Å². The van der Waals surface area contributed by atoms with E-state index in [9.17, 15) is 9.59 Å². The summed E-state index contributed by atoms with van der Waals surface area (Å²) in [6, 6.07) is 5.32. The molecule has 5 nitrogen and oxygen atoms in total. The number of aryl methyl sites for hydroxylation is 1. The first-order valence-electron chi connectivity index (χ1n) is 5.56. The smallest absolute Gasteiger partial charge is 0.255 e. The maximum atomic E-state index is 12.0. The van der Waals surface area contributed by atoms with E-state index >= 15 is 0 Å². The summed E-state index contributed by atoms with van der Waals surface area (Å²) in [5.41, 5.74) is 1.94. The molecular formula is C13H18N2O3.